The van der Waals surface area contributed by atoms with Crippen LogP contribution >= 0.6 is 0 Å². The molecule has 0 aromatic carbocycles. The maximum Gasteiger partial charge on any atom is 0.0941 e. The normalized spacial score (nSPS) is 36.7. The van der Waals surface area contributed by atoms with Gasteiger partial charge in [-0.15, -0.1) is 0 Å². The minimum Gasteiger partial charge on any atom is -0.281 e. The van der Waals surface area contributed by atoms with Crippen LogP contribution in [0.15, 0.2) is 0 Å². The highest BCUT2D eigenvalue weighted by molar-refractivity contribution is 5.09. The second-order valence-corrected chi connectivity index (χ2v) is 10.0. The topological polar surface area (TPSA) is 18.5 Å². The maximum absolute atomic E-state index is 3.81. The van der Waals surface area contributed by atoms with Gasteiger partial charge in [-0.25, -0.2) is 5.01 Å². The molecule has 27 heavy (non-hydrogen) atoms. The third kappa shape index (κ3) is 4.41. The lowest BCUT2D eigenvalue weighted by Crippen LogP contribution is -2.70. The standard InChI is InChI=1S/C24H47N3/c1-5-6-7-8-11-14-17-27-21(3)18-20(2)23-19-25-26(4)24(23,27)22-15-12-9-10-13-16-22/h20-23,25H,5-19H2,1-4H3. The first-order valence-corrected chi connectivity index (χ1v) is 12.4. The SMILES string of the molecule is CCCCCCCCN1C(C)CC(C)C2CNN(C)C21C1CCCCCC1. The second-order valence-electron chi connectivity index (χ2n) is 10.0. The Morgan fingerprint density at radius 2 is 1.59 bits per heavy atom. The van der Waals surface area contributed by atoms with Crippen LogP contribution < -0.4 is 5.43 Å². The van der Waals surface area contributed by atoms with E-state index in [0.717, 1.165) is 23.8 Å². The Morgan fingerprint density at radius 1 is 0.926 bits per heavy atom. The molecule has 1 aliphatic carbocycles. The first-order chi connectivity index (χ1) is 13.1. The number of hydrogen-bond donors (Lipinski definition) is 1. The van der Waals surface area contributed by atoms with Gasteiger partial charge in [-0.2, -0.15) is 0 Å². The van der Waals surface area contributed by atoms with Crippen molar-refractivity contribution in [2.75, 3.05) is 20.1 Å². The van der Waals surface area contributed by atoms with Crippen LogP contribution in [0.3, 0.4) is 0 Å². The van der Waals surface area contributed by atoms with Gasteiger partial charge in [-0.3, -0.25) is 10.3 Å². The van der Waals surface area contributed by atoms with Crippen LogP contribution in [-0.2, 0) is 0 Å². The summed E-state index contributed by atoms with van der Waals surface area (Å²) in [5, 5.41) is 2.59. The molecule has 4 unspecified atom stereocenters. The van der Waals surface area contributed by atoms with E-state index in [0.29, 0.717) is 0 Å². The van der Waals surface area contributed by atoms with Gasteiger partial charge in [-0.1, -0.05) is 71.6 Å². The summed E-state index contributed by atoms with van der Waals surface area (Å²) in [6.07, 6.45) is 18.5. The molecule has 3 fully saturated rings. The Balaban J connectivity index is 1.77. The van der Waals surface area contributed by atoms with Crippen molar-refractivity contribution in [1.29, 1.82) is 0 Å². The number of unbranched alkanes of at least 4 members (excludes halogenated alkanes) is 5. The highest BCUT2D eigenvalue weighted by Gasteiger charge is 2.60. The zero-order valence-electron chi connectivity index (χ0n) is 18.8. The molecule has 0 aromatic rings. The predicted molar refractivity (Wildman–Crippen MR) is 117 cm³/mol. The lowest BCUT2D eigenvalue weighted by molar-refractivity contribution is -0.163. The van der Waals surface area contributed by atoms with Crippen LogP contribution in [0.1, 0.15) is 104 Å². The van der Waals surface area contributed by atoms with Crippen molar-refractivity contribution in [3.05, 3.63) is 0 Å². The summed E-state index contributed by atoms with van der Waals surface area (Å²) in [5.41, 5.74) is 4.08. The third-order valence-electron chi connectivity index (χ3n) is 8.23. The van der Waals surface area contributed by atoms with E-state index in [2.05, 4.69) is 43.2 Å². The van der Waals surface area contributed by atoms with Crippen molar-refractivity contribution < 1.29 is 0 Å². The first-order valence-electron chi connectivity index (χ1n) is 12.4. The van der Waals surface area contributed by atoms with E-state index in [9.17, 15) is 0 Å². The molecule has 158 valence electrons. The molecule has 0 amide bonds. The number of likely N-dealkylation sites (tertiary alicyclic amines) is 1. The molecule has 0 spiro atoms. The lowest BCUT2D eigenvalue weighted by atomic mass is 9.67. The van der Waals surface area contributed by atoms with Crippen molar-refractivity contribution in [2.24, 2.45) is 17.8 Å². The van der Waals surface area contributed by atoms with Gasteiger partial charge < -0.3 is 0 Å². The smallest absolute Gasteiger partial charge is 0.0941 e. The van der Waals surface area contributed by atoms with Crippen molar-refractivity contribution in [3.63, 3.8) is 0 Å². The van der Waals surface area contributed by atoms with Gasteiger partial charge in [0.2, 0.25) is 0 Å². The molecule has 3 nitrogen and oxygen atoms in total. The Hall–Kier alpha value is -0.120. The quantitative estimate of drug-likeness (QED) is 0.425. The summed E-state index contributed by atoms with van der Waals surface area (Å²) >= 11 is 0. The molecule has 0 radical (unpaired) electrons. The molecular formula is C24H47N3. The molecule has 3 aliphatic rings. The van der Waals surface area contributed by atoms with E-state index >= 15 is 0 Å². The Morgan fingerprint density at radius 3 is 2.30 bits per heavy atom. The fraction of sp³-hybridized carbons (Fsp3) is 1.00. The zero-order valence-corrected chi connectivity index (χ0v) is 18.8. The van der Waals surface area contributed by atoms with Gasteiger partial charge in [-0.05, 0) is 44.4 Å². The van der Waals surface area contributed by atoms with E-state index in [1.165, 1.54) is 96.6 Å². The monoisotopic (exact) mass is 377 g/mol. The van der Waals surface area contributed by atoms with Crippen molar-refractivity contribution >= 4 is 0 Å². The Bertz CT molecular complexity index is 431. The number of nitrogens with zero attached hydrogens (tertiary/aromatic N) is 2. The van der Waals surface area contributed by atoms with Gasteiger partial charge in [0, 0.05) is 32.1 Å². The number of piperidine rings is 1. The minimum atomic E-state index is 0.269. The number of hydrogen-bond acceptors (Lipinski definition) is 3. The van der Waals surface area contributed by atoms with Crippen LogP contribution in [0.25, 0.3) is 0 Å². The fourth-order valence-electron chi connectivity index (χ4n) is 6.95. The average molecular weight is 378 g/mol. The highest BCUT2D eigenvalue weighted by Crippen LogP contribution is 2.51. The highest BCUT2D eigenvalue weighted by atomic mass is 15.6. The molecule has 3 rings (SSSR count). The van der Waals surface area contributed by atoms with Gasteiger partial charge in [0.25, 0.3) is 0 Å². The van der Waals surface area contributed by atoms with Crippen LogP contribution in [0.4, 0.5) is 0 Å². The van der Waals surface area contributed by atoms with Crippen LogP contribution in [0, 0.1) is 17.8 Å². The van der Waals surface area contributed by atoms with Gasteiger partial charge in [0.1, 0.15) is 0 Å². The molecule has 2 heterocycles. The van der Waals surface area contributed by atoms with Crippen LogP contribution in [-0.4, -0.2) is 41.8 Å². The van der Waals surface area contributed by atoms with E-state index in [4.69, 9.17) is 0 Å². The summed E-state index contributed by atoms with van der Waals surface area (Å²) < 4.78 is 0. The number of hydrazine groups is 1. The number of rotatable bonds is 8. The summed E-state index contributed by atoms with van der Waals surface area (Å²) in [5.74, 6) is 2.47. The fourth-order valence-corrected chi connectivity index (χ4v) is 6.95. The van der Waals surface area contributed by atoms with Crippen molar-refractivity contribution in [2.45, 2.75) is 116 Å². The van der Waals surface area contributed by atoms with Crippen LogP contribution in [0.5, 0.6) is 0 Å². The molecule has 1 saturated carbocycles. The van der Waals surface area contributed by atoms with E-state index < -0.39 is 0 Å². The average Bonchev–Trinajstić information content (AvgIpc) is 2.84. The second kappa shape index (κ2) is 10.1. The molecule has 0 bridgehead atoms. The van der Waals surface area contributed by atoms with Gasteiger partial charge >= 0.3 is 0 Å². The third-order valence-corrected chi connectivity index (χ3v) is 8.23. The van der Waals surface area contributed by atoms with Gasteiger partial charge in [0.05, 0.1) is 5.66 Å². The molecule has 0 aromatic heterocycles. The molecule has 1 N–H and O–H groups in total. The first kappa shape index (κ1) is 21.6. The van der Waals surface area contributed by atoms with E-state index in [1.54, 1.807) is 0 Å². The maximum atomic E-state index is 3.81. The Labute approximate surface area is 169 Å². The molecule has 3 heteroatoms. The zero-order chi connectivity index (χ0) is 19.3. The van der Waals surface area contributed by atoms with Crippen LogP contribution in [0.2, 0.25) is 0 Å². The van der Waals surface area contributed by atoms with E-state index in [1.807, 2.05) is 0 Å². The summed E-state index contributed by atoms with van der Waals surface area (Å²) in [4.78, 5) is 2.99. The molecule has 2 saturated heterocycles. The summed E-state index contributed by atoms with van der Waals surface area (Å²) in [7, 11) is 2.36. The largest absolute Gasteiger partial charge is 0.281 e. The predicted octanol–water partition coefficient (Wildman–Crippen LogP) is 5.81. The van der Waals surface area contributed by atoms with Crippen molar-refractivity contribution in [3.8, 4) is 0 Å². The lowest BCUT2D eigenvalue weighted by Gasteiger charge is -2.60. The molecule has 4 atom stereocenters. The number of nitrogens with one attached hydrogen (secondary N) is 1. The Kier molecular flexibility index (Phi) is 8.05. The summed E-state index contributed by atoms with van der Waals surface area (Å²) in [6, 6.07) is 0.720. The molecular weight excluding hydrogens is 330 g/mol. The minimum absolute atomic E-state index is 0.269. The van der Waals surface area contributed by atoms with Crippen molar-refractivity contribution in [1.82, 2.24) is 15.3 Å². The number of fused-ring (bicyclic) bond motifs is 1. The molecule has 2 aliphatic heterocycles. The summed E-state index contributed by atoms with van der Waals surface area (Å²) in [6.45, 7) is 9.87. The van der Waals surface area contributed by atoms with Gasteiger partial charge in [0.15, 0.2) is 0 Å². The van der Waals surface area contributed by atoms with E-state index in [-0.39, 0.29) is 5.66 Å².